The lowest BCUT2D eigenvalue weighted by Crippen LogP contribution is -2.31. The van der Waals surface area contributed by atoms with Crippen LogP contribution in [0.3, 0.4) is 0 Å². The molecule has 0 aliphatic heterocycles. The highest BCUT2D eigenvalue weighted by Crippen LogP contribution is 2.31. The van der Waals surface area contributed by atoms with E-state index in [-0.39, 0.29) is 17.3 Å². The van der Waals surface area contributed by atoms with Gasteiger partial charge in [0.05, 0.1) is 23.7 Å². The van der Waals surface area contributed by atoms with Crippen molar-refractivity contribution in [1.82, 2.24) is 5.32 Å². The molecule has 1 amide bonds. The van der Waals surface area contributed by atoms with E-state index in [1.165, 1.54) is 9.87 Å². The van der Waals surface area contributed by atoms with Crippen LogP contribution in [0, 0.1) is 20.8 Å². The number of rotatable bonds is 10. The van der Waals surface area contributed by atoms with Crippen molar-refractivity contribution in [1.29, 1.82) is 0 Å². The second-order valence-electron chi connectivity index (χ2n) is 9.33. The number of ether oxygens (including phenoxy) is 1. The van der Waals surface area contributed by atoms with Crippen molar-refractivity contribution in [3.05, 3.63) is 124 Å². The molecule has 4 rings (SSSR count). The van der Waals surface area contributed by atoms with E-state index in [2.05, 4.69) is 11.4 Å². The first-order chi connectivity index (χ1) is 18.6. The molecular weight excluding hydrogens is 532 g/mol. The maximum Gasteiger partial charge on any atom is 0.264 e. The lowest BCUT2D eigenvalue weighted by Gasteiger charge is -2.26. The molecule has 6 nitrogen and oxygen atoms in total. The molecule has 0 aliphatic rings. The molecule has 4 aromatic carbocycles. The SMILES string of the molecule is Cc1ccc(OCCNC(=O)c2ccc(CN(c3cc(Cl)ccc3C)S(=O)(=O)c3ccccc3)cc2)c(C)c1. The topological polar surface area (TPSA) is 75.7 Å². The van der Waals surface area contributed by atoms with Crippen molar-refractivity contribution in [3.63, 3.8) is 0 Å². The molecule has 0 radical (unpaired) electrons. The molecule has 0 saturated heterocycles. The summed E-state index contributed by atoms with van der Waals surface area (Å²) in [5.41, 5.74) is 4.69. The lowest BCUT2D eigenvalue weighted by atomic mass is 10.1. The van der Waals surface area contributed by atoms with Gasteiger partial charge in [-0.2, -0.15) is 0 Å². The molecule has 39 heavy (non-hydrogen) atoms. The number of benzene rings is 4. The zero-order chi connectivity index (χ0) is 28.0. The highest BCUT2D eigenvalue weighted by Gasteiger charge is 2.26. The Morgan fingerprint density at radius 1 is 0.872 bits per heavy atom. The zero-order valence-electron chi connectivity index (χ0n) is 22.1. The highest BCUT2D eigenvalue weighted by molar-refractivity contribution is 7.92. The molecular formula is C31H31ClN2O4S. The minimum atomic E-state index is -3.88. The third-order valence-corrected chi connectivity index (χ3v) is 8.30. The van der Waals surface area contributed by atoms with Gasteiger partial charge in [-0.25, -0.2) is 8.42 Å². The Labute approximate surface area is 235 Å². The number of hydrogen-bond donors (Lipinski definition) is 1. The molecule has 0 spiro atoms. The van der Waals surface area contributed by atoms with Gasteiger partial charge >= 0.3 is 0 Å². The molecule has 0 fully saturated rings. The largest absolute Gasteiger partial charge is 0.491 e. The minimum Gasteiger partial charge on any atom is -0.491 e. The quantitative estimate of drug-likeness (QED) is 0.225. The fraction of sp³-hybridized carbons (Fsp3) is 0.194. The highest BCUT2D eigenvalue weighted by atomic mass is 35.5. The van der Waals surface area contributed by atoms with Crippen molar-refractivity contribution in [3.8, 4) is 5.75 Å². The van der Waals surface area contributed by atoms with Crippen LogP contribution >= 0.6 is 11.6 Å². The summed E-state index contributed by atoms with van der Waals surface area (Å²) in [6.07, 6.45) is 0. The van der Waals surface area contributed by atoms with Crippen molar-refractivity contribution < 1.29 is 17.9 Å². The Morgan fingerprint density at radius 3 is 2.28 bits per heavy atom. The molecule has 4 aromatic rings. The summed E-state index contributed by atoms with van der Waals surface area (Å²) in [4.78, 5) is 12.8. The standard InChI is InChI=1S/C31H31ClN2O4S/c1-22-9-16-30(24(3)19-22)38-18-17-33-31(35)26-13-11-25(12-14-26)21-34(29-20-27(32)15-10-23(29)2)39(36,37)28-7-5-4-6-8-28/h4-16,19-20H,17-18,21H2,1-3H3,(H,33,35). The van der Waals surface area contributed by atoms with Crippen molar-refractivity contribution in [2.24, 2.45) is 0 Å². The van der Waals surface area contributed by atoms with E-state index in [0.717, 1.165) is 22.4 Å². The Kier molecular flexibility index (Phi) is 8.94. The number of nitrogens with one attached hydrogen (secondary N) is 1. The zero-order valence-corrected chi connectivity index (χ0v) is 23.7. The van der Waals surface area contributed by atoms with Gasteiger partial charge in [-0.15, -0.1) is 0 Å². The number of sulfonamides is 1. The maximum atomic E-state index is 13.7. The fourth-order valence-corrected chi connectivity index (χ4v) is 5.88. The summed E-state index contributed by atoms with van der Waals surface area (Å²) in [6, 6.07) is 26.3. The van der Waals surface area contributed by atoms with Crippen LogP contribution in [0.25, 0.3) is 0 Å². The van der Waals surface area contributed by atoms with Crippen LogP contribution < -0.4 is 14.4 Å². The number of nitrogens with zero attached hydrogens (tertiary/aromatic N) is 1. The van der Waals surface area contributed by atoms with Crippen LogP contribution in [0.4, 0.5) is 5.69 Å². The average Bonchev–Trinajstić information content (AvgIpc) is 2.93. The Balaban J connectivity index is 1.46. The fourth-order valence-electron chi connectivity index (χ4n) is 4.19. The summed E-state index contributed by atoms with van der Waals surface area (Å²) >= 11 is 6.24. The summed E-state index contributed by atoms with van der Waals surface area (Å²) in [7, 11) is -3.88. The van der Waals surface area contributed by atoms with E-state index in [1.807, 2.05) is 32.9 Å². The molecule has 0 aliphatic carbocycles. The Morgan fingerprint density at radius 2 is 1.59 bits per heavy atom. The van der Waals surface area contributed by atoms with Crippen molar-refractivity contribution in [2.75, 3.05) is 17.5 Å². The van der Waals surface area contributed by atoms with Gasteiger partial charge in [0.25, 0.3) is 15.9 Å². The van der Waals surface area contributed by atoms with Gasteiger partial charge in [-0.05, 0) is 79.9 Å². The van der Waals surface area contributed by atoms with Crippen molar-refractivity contribution in [2.45, 2.75) is 32.2 Å². The summed E-state index contributed by atoms with van der Waals surface area (Å²) < 4.78 is 34.5. The number of halogens is 1. The normalized spacial score (nSPS) is 11.2. The lowest BCUT2D eigenvalue weighted by molar-refractivity contribution is 0.0947. The summed E-state index contributed by atoms with van der Waals surface area (Å²) in [6.45, 7) is 6.63. The van der Waals surface area contributed by atoms with E-state index in [0.29, 0.717) is 29.4 Å². The van der Waals surface area contributed by atoms with E-state index in [1.54, 1.807) is 72.8 Å². The average molecular weight is 563 g/mol. The van der Waals surface area contributed by atoms with E-state index in [4.69, 9.17) is 16.3 Å². The van der Waals surface area contributed by atoms with Crippen LogP contribution in [0.5, 0.6) is 5.75 Å². The third kappa shape index (κ3) is 6.99. The molecule has 0 atom stereocenters. The number of carbonyl (C=O) groups is 1. The molecule has 0 saturated carbocycles. The molecule has 8 heteroatoms. The summed E-state index contributed by atoms with van der Waals surface area (Å²) in [5.74, 6) is 0.564. The molecule has 0 bridgehead atoms. The monoisotopic (exact) mass is 562 g/mol. The van der Waals surface area contributed by atoms with Gasteiger partial charge in [-0.3, -0.25) is 9.10 Å². The molecule has 202 valence electrons. The van der Waals surface area contributed by atoms with Gasteiger partial charge in [-0.1, -0.05) is 65.7 Å². The number of anilines is 1. The van der Waals surface area contributed by atoms with E-state index < -0.39 is 10.0 Å². The number of aryl methyl sites for hydroxylation is 3. The maximum absolute atomic E-state index is 13.7. The van der Waals surface area contributed by atoms with Crippen LogP contribution in [0.1, 0.15) is 32.6 Å². The second-order valence-corrected chi connectivity index (χ2v) is 11.6. The Hall–Kier alpha value is -3.81. The van der Waals surface area contributed by atoms with Crippen molar-refractivity contribution >= 4 is 33.2 Å². The molecule has 0 unspecified atom stereocenters. The van der Waals surface area contributed by atoms with Gasteiger partial charge < -0.3 is 10.1 Å². The minimum absolute atomic E-state index is 0.0735. The van der Waals surface area contributed by atoms with E-state index in [9.17, 15) is 13.2 Å². The van der Waals surface area contributed by atoms with Crippen LogP contribution in [-0.2, 0) is 16.6 Å². The molecule has 0 heterocycles. The van der Waals surface area contributed by atoms with E-state index >= 15 is 0 Å². The predicted molar refractivity (Wildman–Crippen MR) is 156 cm³/mol. The Bertz CT molecular complexity index is 1560. The van der Waals surface area contributed by atoms with Gasteiger partial charge in [0.1, 0.15) is 12.4 Å². The first kappa shape index (κ1) is 28.2. The van der Waals surface area contributed by atoms with Gasteiger partial charge in [0.2, 0.25) is 0 Å². The predicted octanol–water partition coefficient (Wildman–Crippen LogP) is 6.47. The summed E-state index contributed by atoms with van der Waals surface area (Å²) in [5, 5.41) is 3.30. The second kappa shape index (κ2) is 12.4. The number of amides is 1. The number of hydrogen-bond acceptors (Lipinski definition) is 4. The smallest absolute Gasteiger partial charge is 0.264 e. The van der Waals surface area contributed by atoms with Crippen LogP contribution in [-0.4, -0.2) is 27.5 Å². The van der Waals surface area contributed by atoms with Gasteiger partial charge in [0.15, 0.2) is 0 Å². The van der Waals surface area contributed by atoms with Crippen LogP contribution in [0.2, 0.25) is 5.02 Å². The van der Waals surface area contributed by atoms with Crippen LogP contribution in [0.15, 0.2) is 95.9 Å². The first-order valence-corrected chi connectivity index (χ1v) is 14.4. The van der Waals surface area contributed by atoms with Gasteiger partial charge in [0, 0.05) is 10.6 Å². The number of carbonyl (C=O) groups excluding carboxylic acids is 1. The first-order valence-electron chi connectivity index (χ1n) is 12.6. The molecule has 0 aromatic heterocycles. The molecule has 1 N–H and O–H groups in total. The third-order valence-electron chi connectivity index (χ3n) is 6.29.